The number of hydrogen-bond donors (Lipinski definition) is 2. The first-order valence-electron chi connectivity index (χ1n) is 5.62. The maximum absolute atomic E-state index is 11.6. The summed E-state index contributed by atoms with van der Waals surface area (Å²) in [5.74, 6) is 1.09. The van der Waals surface area contributed by atoms with Gasteiger partial charge in [0.1, 0.15) is 0 Å². The summed E-state index contributed by atoms with van der Waals surface area (Å²) in [5.41, 5.74) is 0. The van der Waals surface area contributed by atoms with Gasteiger partial charge in [0.05, 0.1) is 12.6 Å². The van der Waals surface area contributed by atoms with Gasteiger partial charge < -0.3 is 15.4 Å². The normalized spacial score (nSPS) is 18.7. The monoisotopic (exact) mass is 214 g/mol. The van der Waals surface area contributed by atoms with E-state index in [1.54, 1.807) is 7.11 Å². The van der Waals surface area contributed by atoms with Crippen LogP contribution in [0.15, 0.2) is 0 Å². The van der Waals surface area contributed by atoms with Crippen molar-refractivity contribution in [3.8, 4) is 0 Å². The number of rotatable bonds is 6. The minimum atomic E-state index is 0.135. The molecule has 0 aromatic carbocycles. The molecular formula is C11H22N2O2. The molecule has 4 heteroatoms. The summed E-state index contributed by atoms with van der Waals surface area (Å²) < 4.78 is 5.08. The van der Waals surface area contributed by atoms with Gasteiger partial charge in [-0.15, -0.1) is 0 Å². The quantitative estimate of drug-likeness (QED) is 0.672. The number of nitrogens with one attached hydrogen (secondary N) is 2. The van der Waals surface area contributed by atoms with E-state index < -0.39 is 0 Å². The second-order valence-corrected chi connectivity index (χ2v) is 4.60. The van der Waals surface area contributed by atoms with Gasteiger partial charge in [0.15, 0.2) is 0 Å². The molecule has 2 N–H and O–H groups in total. The molecule has 1 aliphatic rings. The SMILES string of the molecule is COCC(NC(=O)CC1CNC1)C(C)C. The van der Waals surface area contributed by atoms with Crippen LogP contribution in [0.4, 0.5) is 0 Å². The standard InChI is InChI=1S/C11H22N2O2/c1-8(2)10(7-15-3)13-11(14)4-9-5-12-6-9/h8-10,12H,4-7H2,1-3H3,(H,13,14). The lowest BCUT2D eigenvalue weighted by Gasteiger charge is -2.28. The van der Waals surface area contributed by atoms with Crippen molar-refractivity contribution < 1.29 is 9.53 Å². The first kappa shape index (κ1) is 12.5. The lowest BCUT2D eigenvalue weighted by molar-refractivity contribution is -0.123. The molecule has 1 saturated heterocycles. The molecule has 1 atom stereocenters. The van der Waals surface area contributed by atoms with Gasteiger partial charge in [0.25, 0.3) is 0 Å². The summed E-state index contributed by atoms with van der Waals surface area (Å²) in [6, 6.07) is 0.135. The van der Waals surface area contributed by atoms with E-state index in [9.17, 15) is 4.79 Å². The number of carbonyl (C=O) groups excluding carboxylic acids is 1. The number of hydrogen-bond acceptors (Lipinski definition) is 3. The Morgan fingerprint density at radius 3 is 2.60 bits per heavy atom. The van der Waals surface area contributed by atoms with Gasteiger partial charge in [-0.25, -0.2) is 0 Å². The van der Waals surface area contributed by atoms with E-state index in [0.717, 1.165) is 13.1 Å². The van der Waals surface area contributed by atoms with Crippen LogP contribution in [0.5, 0.6) is 0 Å². The highest BCUT2D eigenvalue weighted by Gasteiger charge is 2.22. The Labute approximate surface area is 91.8 Å². The zero-order valence-electron chi connectivity index (χ0n) is 9.88. The van der Waals surface area contributed by atoms with Crippen molar-refractivity contribution in [2.45, 2.75) is 26.3 Å². The summed E-state index contributed by atoms with van der Waals surface area (Å²) in [5, 5.41) is 6.19. The van der Waals surface area contributed by atoms with E-state index in [-0.39, 0.29) is 11.9 Å². The third-order valence-electron chi connectivity index (χ3n) is 2.84. The van der Waals surface area contributed by atoms with Crippen LogP contribution >= 0.6 is 0 Å². The van der Waals surface area contributed by atoms with Crippen LogP contribution in [0.1, 0.15) is 20.3 Å². The number of amides is 1. The average molecular weight is 214 g/mol. The van der Waals surface area contributed by atoms with Crippen molar-refractivity contribution in [3.63, 3.8) is 0 Å². The Bertz CT molecular complexity index is 203. The van der Waals surface area contributed by atoms with E-state index in [0.29, 0.717) is 24.9 Å². The Balaban J connectivity index is 2.25. The topological polar surface area (TPSA) is 50.4 Å². The summed E-state index contributed by atoms with van der Waals surface area (Å²) in [7, 11) is 1.66. The van der Waals surface area contributed by atoms with Crippen molar-refractivity contribution in [1.82, 2.24) is 10.6 Å². The molecule has 0 aliphatic carbocycles. The fourth-order valence-electron chi connectivity index (χ4n) is 1.60. The van der Waals surface area contributed by atoms with E-state index in [1.807, 2.05) is 0 Å². The predicted octanol–water partition coefficient (Wildman–Crippen LogP) is 0.383. The molecule has 0 saturated carbocycles. The van der Waals surface area contributed by atoms with Gasteiger partial charge >= 0.3 is 0 Å². The molecule has 1 fully saturated rings. The minimum Gasteiger partial charge on any atom is -0.383 e. The Morgan fingerprint density at radius 1 is 1.53 bits per heavy atom. The third kappa shape index (κ3) is 4.18. The molecule has 88 valence electrons. The van der Waals surface area contributed by atoms with Gasteiger partial charge in [0.2, 0.25) is 5.91 Å². The lowest BCUT2D eigenvalue weighted by atomic mass is 9.98. The molecule has 15 heavy (non-hydrogen) atoms. The van der Waals surface area contributed by atoms with E-state index in [1.165, 1.54) is 0 Å². The van der Waals surface area contributed by atoms with Crippen molar-refractivity contribution in [1.29, 1.82) is 0 Å². The van der Waals surface area contributed by atoms with Crippen LogP contribution in [0.25, 0.3) is 0 Å². The summed E-state index contributed by atoms with van der Waals surface area (Å²) in [6.07, 6.45) is 0.639. The molecule has 1 aliphatic heterocycles. The van der Waals surface area contributed by atoms with Crippen molar-refractivity contribution in [3.05, 3.63) is 0 Å². The molecular weight excluding hydrogens is 192 g/mol. The predicted molar refractivity (Wildman–Crippen MR) is 59.6 cm³/mol. The molecule has 0 aromatic rings. The van der Waals surface area contributed by atoms with Crippen LogP contribution < -0.4 is 10.6 Å². The van der Waals surface area contributed by atoms with Gasteiger partial charge in [-0.2, -0.15) is 0 Å². The van der Waals surface area contributed by atoms with Gasteiger partial charge in [-0.05, 0) is 24.9 Å². The zero-order valence-corrected chi connectivity index (χ0v) is 9.88. The minimum absolute atomic E-state index is 0.135. The number of methoxy groups -OCH3 is 1. The van der Waals surface area contributed by atoms with Crippen LogP contribution in [0, 0.1) is 11.8 Å². The first-order valence-corrected chi connectivity index (χ1v) is 5.62. The average Bonchev–Trinajstić information content (AvgIpc) is 2.10. The van der Waals surface area contributed by atoms with Crippen LogP contribution in [-0.4, -0.2) is 38.8 Å². The van der Waals surface area contributed by atoms with Crippen molar-refractivity contribution >= 4 is 5.91 Å². The smallest absolute Gasteiger partial charge is 0.220 e. The van der Waals surface area contributed by atoms with Crippen LogP contribution in [0.3, 0.4) is 0 Å². The highest BCUT2D eigenvalue weighted by molar-refractivity contribution is 5.76. The molecule has 0 radical (unpaired) electrons. The molecule has 1 unspecified atom stereocenters. The molecule has 0 bridgehead atoms. The molecule has 1 rings (SSSR count). The number of ether oxygens (including phenoxy) is 1. The fourth-order valence-corrected chi connectivity index (χ4v) is 1.60. The molecule has 1 amide bonds. The molecule has 1 heterocycles. The zero-order chi connectivity index (χ0) is 11.3. The van der Waals surface area contributed by atoms with E-state index in [4.69, 9.17) is 4.74 Å². The van der Waals surface area contributed by atoms with Gasteiger partial charge in [-0.1, -0.05) is 13.8 Å². The van der Waals surface area contributed by atoms with Crippen molar-refractivity contribution in [2.24, 2.45) is 11.8 Å². The van der Waals surface area contributed by atoms with Gasteiger partial charge in [-0.3, -0.25) is 4.79 Å². The largest absolute Gasteiger partial charge is 0.383 e. The lowest BCUT2D eigenvalue weighted by Crippen LogP contribution is -2.47. The fraction of sp³-hybridized carbons (Fsp3) is 0.909. The highest BCUT2D eigenvalue weighted by Crippen LogP contribution is 2.09. The molecule has 0 spiro atoms. The van der Waals surface area contributed by atoms with Gasteiger partial charge in [0, 0.05) is 13.5 Å². The number of carbonyl (C=O) groups is 1. The summed E-state index contributed by atoms with van der Waals surface area (Å²) in [4.78, 5) is 11.6. The molecule has 0 aromatic heterocycles. The molecule has 4 nitrogen and oxygen atoms in total. The van der Waals surface area contributed by atoms with E-state index >= 15 is 0 Å². The summed E-state index contributed by atoms with van der Waals surface area (Å²) in [6.45, 7) is 6.73. The second kappa shape index (κ2) is 6.08. The Hall–Kier alpha value is -0.610. The highest BCUT2D eigenvalue weighted by atomic mass is 16.5. The summed E-state index contributed by atoms with van der Waals surface area (Å²) >= 11 is 0. The van der Waals surface area contributed by atoms with Crippen LogP contribution in [0.2, 0.25) is 0 Å². The third-order valence-corrected chi connectivity index (χ3v) is 2.84. The maximum atomic E-state index is 11.6. The van der Waals surface area contributed by atoms with E-state index in [2.05, 4.69) is 24.5 Å². The van der Waals surface area contributed by atoms with Crippen molar-refractivity contribution in [2.75, 3.05) is 26.8 Å². The Kier molecular flexibility index (Phi) is 5.05. The van der Waals surface area contributed by atoms with Crippen LogP contribution in [-0.2, 0) is 9.53 Å². The Morgan fingerprint density at radius 2 is 2.20 bits per heavy atom. The maximum Gasteiger partial charge on any atom is 0.220 e. The second-order valence-electron chi connectivity index (χ2n) is 4.60. The first-order chi connectivity index (χ1) is 7.13.